The molecule has 7 nitrogen and oxygen atoms in total. The quantitative estimate of drug-likeness (QED) is 0.367. The fraction of sp³-hybridized carbons (Fsp3) is 0.160. The van der Waals surface area contributed by atoms with E-state index in [9.17, 15) is 14.0 Å². The van der Waals surface area contributed by atoms with Gasteiger partial charge >= 0.3 is 0 Å². The number of fused-ring (bicyclic) bond motifs is 2. The summed E-state index contributed by atoms with van der Waals surface area (Å²) in [6, 6.07) is 13.3. The Kier molecular flexibility index (Phi) is 5.48. The van der Waals surface area contributed by atoms with Crippen LogP contribution >= 0.6 is 0 Å². The van der Waals surface area contributed by atoms with Crippen molar-refractivity contribution in [3.63, 3.8) is 0 Å². The van der Waals surface area contributed by atoms with Gasteiger partial charge in [-0.2, -0.15) is 0 Å². The summed E-state index contributed by atoms with van der Waals surface area (Å²) in [4.78, 5) is 31.7. The third kappa shape index (κ3) is 4.55. The van der Waals surface area contributed by atoms with Crippen molar-refractivity contribution in [3.05, 3.63) is 77.9 Å². The summed E-state index contributed by atoms with van der Waals surface area (Å²) in [6.45, 7) is 0. The number of pyridine rings is 1. The number of halogens is 1. The zero-order valence-corrected chi connectivity index (χ0v) is 17.7. The average molecular weight is 444 g/mol. The summed E-state index contributed by atoms with van der Waals surface area (Å²) < 4.78 is 20.3. The maximum atomic E-state index is 14.6. The van der Waals surface area contributed by atoms with Crippen LogP contribution in [0.3, 0.4) is 0 Å². The van der Waals surface area contributed by atoms with Gasteiger partial charge in [-0.25, -0.2) is 9.37 Å². The number of benzene rings is 2. The largest absolute Gasteiger partial charge is 0.453 e. The molecular weight excluding hydrogens is 423 g/mol. The van der Waals surface area contributed by atoms with Crippen LogP contribution < -0.4 is 15.4 Å². The van der Waals surface area contributed by atoms with Gasteiger partial charge in [0.05, 0.1) is 5.39 Å². The highest BCUT2D eigenvalue weighted by atomic mass is 19.1. The van der Waals surface area contributed by atoms with Gasteiger partial charge in [0, 0.05) is 29.8 Å². The van der Waals surface area contributed by atoms with Crippen molar-refractivity contribution in [1.82, 2.24) is 9.97 Å². The first kappa shape index (κ1) is 20.7. The molecule has 0 saturated heterocycles. The van der Waals surface area contributed by atoms with E-state index in [2.05, 4.69) is 20.6 Å². The molecule has 166 valence electrons. The highest BCUT2D eigenvalue weighted by molar-refractivity contribution is 6.08. The van der Waals surface area contributed by atoms with E-state index in [-0.39, 0.29) is 17.9 Å². The van der Waals surface area contributed by atoms with Gasteiger partial charge in [-0.1, -0.05) is 6.07 Å². The van der Waals surface area contributed by atoms with E-state index in [4.69, 9.17) is 4.74 Å². The van der Waals surface area contributed by atoms with Crippen LogP contribution in [0.4, 0.5) is 15.8 Å². The second kappa shape index (κ2) is 8.74. The van der Waals surface area contributed by atoms with E-state index >= 15 is 0 Å². The molecule has 0 radical (unpaired) electrons. The molecule has 2 aromatic carbocycles. The molecule has 0 saturated carbocycles. The highest BCUT2D eigenvalue weighted by Gasteiger charge is 2.15. The number of aromatic amines is 1. The van der Waals surface area contributed by atoms with Crippen molar-refractivity contribution in [2.45, 2.75) is 25.7 Å². The van der Waals surface area contributed by atoms with Crippen molar-refractivity contribution in [2.75, 3.05) is 10.6 Å². The third-order valence-corrected chi connectivity index (χ3v) is 5.56. The lowest BCUT2D eigenvalue weighted by Gasteiger charge is -2.11. The number of nitrogens with one attached hydrogen (secondary N) is 3. The van der Waals surface area contributed by atoms with Crippen LogP contribution in [0.5, 0.6) is 11.5 Å². The predicted molar refractivity (Wildman–Crippen MR) is 123 cm³/mol. The van der Waals surface area contributed by atoms with Crippen LogP contribution in [0.2, 0.25) is 0 Å². The number of aromatic nitrogens is 2. The Bertz CT molecular complexity index is 1370. The summed E-state index contributed by atoms with van der Waals surface area (Å²) in [5.74, 6) is -1.14. The van der Waals surface area contributed by atoms with Crippen LogP contribution in [-0.4, -0.2) is 21.8 Å². The normalized spacial score (nSPS) is 12.4. The molecule has 2 heterocycles. The second-order valence-electron chi connectivity index (χ2n) is 7.91. The Balaban J connectivity index is 1.19. The van der Waals surface area contributed by atoms with Gasteiger partial charge < -0.3 is 20.4 Å². The van der Waals surface area contributed by atoms with Crippen molar-refractivity contribution in [3.8, 4) is 11.5 Å². The molecule has 0 unspecified atom stereocenters. The first-order valence-corrected chi connectivity index (χ1v) is 10.7. The fourth-order valence-electron chi connectivity index (χ4n) is 4.01. The lowest BCUT2D eigenvalue weighted by molar-refractivity contribution is -0.123. The molecule has 1 aliphatic rings. The summed E-state index contributed by atoms with van der Waals surface area (Å²) in [7, 11) is 0. The Morgan fingerprint density at radius 1 is 0.939 bits per heavy atom. The van der Waals surface area contributed by atoms with Gasteiger partial charge in [-0.05, 0) is 66.8 Å². The number of carbonyl (C=O) groups excluding carboxylic acids is 2. The lowest BCUT2D eigenvalue weighted by Crippen LogP contribution is -2.21. The van der Waals surface area contributed by atoms with E-state index in [1.807, 2.05) is 18.2 Å². The SMILES string of the molecule is O=C(CC(=O)Nc1ccc2c(c1)CCC2)Nc1ccc(Oc2ccnc3[nH]ccc23)c(F)c1. The molecule has 0 spiro atoms. The molecule has 4 aromatic rings. The molecule has 0 aliphatic heterocycles. The summed E-state index contributed by atoms with van der Waals surface area (Å²) in [5.41, 5.74) is 4.08. The number of ether oxygens (including phenoxy) is 1. The maximum Gasteiger partial charge on any atom is 0.233 e. The van der Waals surface area contributed by atoms with Crippen LogP contribution in [0, 0.1) is 5.82 Å². The molecule has 8 heteroatoms. The second-order valence-corrected chi connectivity index (χ2v) is 7.91. The van der Waals surface area contributed by atoms with Gasteiger partial charge in [0.2, 0.25) is 11.8 Å². The van der Waals surface area contributed by atoms with E-state index in [0.29, 0.717) is 17.1 Å². The topological polar surface area (TPSA) is 96.1 Å². The molecule has 3 N–H and O–H groups in total. The minimum Gasteiger partial charge on any atom is -0.453 e. The number of hydrogen-bond donors (Lipinski definition) is 3. The fourth-order valence-corrected chi connectivity index (χ4v) is 4.01. The first-order chi connectivity index (χ1) is 16.0. The molecule has 0 fully saturated rings. The number of carbonyl (C=O) groups is 2. The Hall–Kier alpha value is -4.20. The smallest absolute Gasteiger partial charge is 0.233 e. The lowest BCUT2D eigenvalue weighted by atomic mass is 10.1. The van der Waals surface area contributed by atoms with E-state index < -0.39 is 17.6 Å². The van der Waals surface area contributed by atoms with Crippen molar-refractivity contribution in [1.29, 1.82) is 0 Å². The Morgan fingerprint density at radius 2 is 1.70 bits per heavy atom. The Morgan fingerprint density at radius 3 is 2.52 bits per heavy atom. The standard InChI is InChI=1S/C25H21FN4O3/c26-20-13-18(6-7-22(20)33-21-9-11-28-25-19(21)8-10-27-25)30-24(32)14-23(31)29-17-5-4-15-2-1-3-16(15)12-17/h4-13H,1-3,14H2,(H,27,28)(H,29,31)(H,30,32). The van der Waals surface area contributed by atoms with Crippen LogP contribution in [0.25, 0.3) is 11.0 Å². The van der Waals surface area contributed by atoms with Crippen LogP contribution in [0.15, 0.2) is 60.9 Å². The van der Waals surface area contributed by atoms with Crippen molar-refractivity contribution >= 4 is 34.2 Å². The highest BCUT2D eigenvalue weighted by Crippen LogP contribution is 2.31. The maximum absolute atomic E-state index is 14.6. The predicted octanol–water partition coefficient (Wildman–Crippen LogP) is 4.95. The first-order valence-electron chi connectivity index (χ1n) is 10.7. The van der Waals surface area contributed by atoms with E-state index in [1.54, 1.807) is 24.5 Å². The molecule has 0 bridgehead atoms. The number of amides is 2. The summed E-state index contributed by atoms with van der Waals surface area (Å²) in [5, 5.41) is 6.02. The van der Waals surface area contributed by atoms with E-state index in [0.717, 1.165) is 30.7 Å². The number of rotatable bonds is 6. The monoisotopic (exact) mass is 444 g/mol. The number of H-pyrrole nitrogens is 1. The van der Waals surface area contributed by atoms with Gasteiger partial charge in [-0.3, -0.25) is 9.59 Å². The molecule has 0 atom stereocenters. The van der Waals surface area contributed by atoms with Crippen LogP contribution in [-0.2, 0) is 22.4 Å². The zero-order chi connectivity index (χ0) is 22.8. The van der Waals surface area contributed by atoms with E-state index in [1.165, 1.54) is 23.3 Å². The minimum absolute atomic E-state index is 0.0102. The zero-order valence-electron chi connectivity index (χ0n) is 17.7. The van der Waals surface area contributed by atoms with Gasteiger partial charge in [0.1, 0.15) is 17.8 Å². The van der Waals surface area contributed by atoms with Gasteiger partial charge in [0.25, 0.3) is 0 Å². The minimum atomic E-state index is -0.643. The molecular formula is C25H21FN4O3. The summed E-state index contributed by atoms with van der Waals surface area (Å²) >= 11 is 0. The number of aryl methyl sites for hydroxylation is 2. The summed E-state index contributed by atoms with van der Waals surface area (Å²) in [6.07, 6.45) is 6.09. The molecule has 2 aromatic heterocycles. The van der Waals surface area contributed by atoms with Crippen molar-refractivity contribution in [2.24, 2.45) is 0 Å². The van der Waals surface area contributed by atoms with Crippen molar-refractivity contribution < 1.29 is 18.7 Å². The molecule has 33 heavy (non-hydrogen) atoms. The molecule has 1 aliphatic carbocycles. The number of nitrogens with zero attached hydrogens (tertiary/aromatic N) is 1. The van der Waals surface area contributed by atoms with Gasteiger partial charge in [0.15, 0.2) is 11.6 Å². The Labute approximate surface area is 189 Å². The molecule has 5 rings (SSSR count). The van der Waals surface area contributed by atoms with Crippen LogP contribution in [0.1, 0.15) is 24.0 Å². The average Bonchev–Trinajstić information content (AvgIpc) is 3.45. The van der Waals surface area contributed by atoms with Gasteiger partial charge in [-0.15, -0.1) is 0 Å². The third-order valence-electron chi connectivity index (χ3n) is 5.56. The molecule has 2 amide bonds. The number of hydrogen-bond acceptors (Lipinski definition) is 4. The number of anilines is 2.